The Bertz CT molecular complexity index is 694. The normalized spacial score (nSPS) is 20.8. The molecule has 1 aromatic rings. The number of nitrogens with one attached hydrogen (secondary N) is 1. The molecule has 0 bridgehead atoms. The Morgan fingerprint density at radius 1 is 1.37 bits per heavy atom. The number of aryl methyl sites for hydroxylation is 1. The number of hydrogen-bond acceptors (Lipinski definition) is 4. The Hall–Kier alpha value is -2.02. The maximum atomic E-state index is 13.0. The van der Waals surface area contributed by atoms with E-state index in [9.17, 15) is 19.5 Å². The van der Waals surface area contributed by atoms with Gasteiger partial charge in [-0.3, -0.25) is 14.4 Å². The van der Waals surface area contributed by atoms with Crippen molar-refractivity contribution in [1.82, 2.24) is 10.2 Å². The number of hydrogen-bond donors (Lipinski definition) is 2. The highest BCUT2D eigenvalue weighted by Crippen LogP contribution is 2.24. The summed E-state index contributed by atoms with van der Waals surface area (Å²) in [5.74, 6) is -0.950. The van der Waals surface area contributed by atoms with Gasteiger partial charge in [-0.25, -0.2) is 0 Å². The molecule has 1 aliphatic heterocycles. The third kappa shape index (κ3) is 5.73. The first-order valence-corrected chi connectivity index (χ1v) is 10.6. The van der Waals surface area contributed by atoms with Crippen LogP contribution in [0.3, 0.4) is 0 Å². The Morgan fingerprint density at radius 3 is 2.70 bits per heavy atom. The molecule has 6 nitrogen and oxygen atoms in total. The first kappa shape index (κ1) is 21.3. The number of rotatable bonds is 7. The van der Waals surface area contributed by atoms with Crippen molar-refractivity contribution in [2.45, 2.75) is 32.7 Å². The van der Waals surface area contributed by atoms with E-state index in [0.717, 1.165) is 11.3 Å². The molecule has 3 atom stereocenters. The van der Waals surface area contributed by atoms with Crippen LogP contribution in [-0.2, 0) is 9.59 Å². The van der Waals surface area contributed by atoms with E-state index in [1.165, 1.54) is 0 Å². The minimum Gasteiger partial charge on any atom is -0.481 e. The van der Waals surface area contributed by atoms with Crippen LogP contribution in [0.1, 0.15) is 35.7 Å². The lowest BCUT2D eigenvalue weighted by Gasteiger charge is -2.37. The number of carboxylic acid groups (broad SMARTS) is 1. The number of aliphatic carboxylic acids is 1. The van der Waals surface area contributed by atoms with Crippen molar-refractivity contribution in [3.8, 4) is 0 Å². The molecule has 2 N–H and O–H groups in total. The molecule has 0 radical (unpaired) electrons. The number of amides is 2. The number of nitrogens with zero attached hydrogens (tertiary/aromatic N) is 1. The van der Waals surface area contributed by atoms with Gasteiger partial charge in [0.2, 0.25) is 5.91 Å². The zero-order valence-electron chi connectivity index (χ0n) is 16.1. The number of benzene rings is 1. The van der Waals surface area contributed by atoms with Crippen molar-refractivity contribution in [1.29, 1.82) is 0 Å². The van der Waals surface area contributed by atoms with Crippen LogP contribution in [-0.4, -0.2) is 58.9 Å². The van der Waals surface area contributed by atoms with Crippen LogP contribution in [0.4, 0.5) is 0 Å². The molecule has 0 saturated carbocycles. The Morgan fingerprint density at radius 2 is 2.11 bits per heavy atom. The number of likely N-dealkylation sites (tertiary alicyclic amines) is 1. The fourth-order valence-corrected chi connectivity index (χ4v) is 3.93. The van der Waals surface area contributed by atoms with Crippen LogP contribution in [0.5, 0.6) is 0 Å². The van der Waals surface area contributed by atoms with E-state index in [2.05, 4.69) is 5.32 Å². The summed E-state index contributed by atoms with van der Waals surface area (Å²) in [5.41, 5.74) is 1.52. The average molecular weight is 393 g/mol. The van der Waals surface area contributed by atoms with Crippen LogP contribution >= 0.6 is 11.8 Å². The van der Waals surface area contributed by atoms with Crippen molar-refractivity contribution in [3.05, 3.63) is 35.4 Å². The number of thioether (sulfide) groups is 1. The van der Waals surface area contributed by atoms with E-state index < -0.39 is 17.9 Å². The van der Waals surface area contributed by atoms with Crippen molar-refractivity contribution < 1.29 is 19.5 Å². The lowest BCUT2D eigenvalue weighted by atomic mass is 9.86. The lowest BCUT2D eigenvalue weighted by molar-refractivity contribution is -0.148. The number of carbonyl (C=O) groups excluding carboxylic acids is 2. The summed E-state index contributed by atoms with van der Waals surface area (Å²) in [4.78, 5) is 38.6. The van der Waals surface area contributed by atoms with E-state index in [-0.39, 0.29) is 17.7 Å². The van der Waals surface area contributed by atoms with Gasteiger partial charge in [0.05, 0.1) is 5.92 Å². The monoisotopic (exact) mass is 392 g/mol. The van der Waals surface area contributed by atoms with Gasteiger partial charge < -0.3 is 15.3 Å². The van der Waals surface area contributed by atoms with Crippen molar-refractivity contribution in [2.75, 3.05) is 25.1 Å². The zero-order chi connectivity index (χ0) is 20.0. The number of carboxylic acids is 1. The predicted octanol–water partition coefficient (Wildman–Crippen LogP) is 2.42. The molecule has 1 fully saturated rings. The molecule has 2 amide bonds. The summed E-state index contributed by atoms with van der Waals surface area (Å²) in [5, 5.41) is 12.1. The predicted molar refractivity (Wildman–Crippen MR) is 107 cm³/mol. The summed E-state index contributed by atoms with van der Waals surface area (Å²) in [6.07, 6.45) is 2.96. The van der Waals surface area contributed by atoms with Gasteiger partial charge in [-0.1, -0.05) is 24.6 Å². The second-order valence-electron chi connectivity index (χ2n) is 7.17. The Labute approximate surface area is 164 Å². The first-order chi connectivity index (χ1) is 12.8. The molecule has 1 heterocycles. The highest BCUT2D eigenvalue weighted by atomic mass is 32.2. The third-order valence-electron chi connectivity index (χ3n) is 5.03. The topological polar surface area (TPSA) is 86.7 Å². The maximum Gasteiger partial charge on any atom is 0.306 e. The standard InChI is InChI=1S/C20H28N2O4S/c1-13-5-4-6-15(11-13)18(23)21-17(8-10-27-3)19(24)22-9-7-16(20(25)26)14(2)12-22/h4-6,11,14,16-17H,7-10,12H2,1-3H3,(H,21,23)(H,25,26). The summed E-state index contributed by atoms with van der Waals surface area (Å²) >= 11 is 1.62. The summed E-state index contributed by atoms with van der Waals surface area (Å²) in [6, 6.07) is 6.67. The molecule has 1 aliphatic rings. The largest absolute Gasteiger partial charge is 0.481 e. The molecule has 27 heavy (non-hydrogen) atoms. The smallest absolute Gasteiger partial charge is 0.306 e. The van der Waals surface area contributed by atoms with Gasteiger partial charge >= 0.3 is 5.97 Å². The molecular formula is C20H28N2O4S. The SMILES string of the molecule is CSCCC(NC(=O)c1cccc(C)c1)C(=O)N1CCC(C(=O)O)C(C)C1. The molecule has 0 aliphatic carbocycles. The first-order valence-electron chi connectivity index (χ1n) is 9.21. The van der Waals surface area contributed by atoms with Gasteiger partial charge in [0, 0.05) is 18.7 Å². The molecule has 3 unspecified atom stereocenters. The van der Waals surface area contributed by atoms with Crippen molar-refractivity contribution in [2.24, 2.45) is 11.8 Å². The van der Waals surface area contributed by atoms with E-state index >= 15 is 0 Å². The Kier molecular flexibility index (Phi) is 7.71. The second kappa shape index (κ2) is 9.78. The van der Waals surface area contributed by atoms with Crippen LogP contribution in [0, 0.1) is 18.8 Å². The highest BCUT2D eigenvalue weighted by Gasteiger charge is 2.35. The molecular weight excluding hydrogens is 364 g/mol. The van der Waals surface area contributed by atoms with Gasteiger partial charge in [-0.15, -0.1) is 0 Å². The fraction of sp³-hybridized carbons (Fsp3) is 0.550. The molecule has 0 aromatic heterocycles. The molecule has 148 valence electrons. The van der Waals surface area contributed by atoms with Crippen LogP contribution in [0.2, 0.25) is 0 Å². The average Bonchev–Trinajstić information content (AvgIpc) is 2.63. The van der Waals surface area contributed by atoms with Gasteiger partial charge in [0.1, 0.15) is 6.04 Å². The van der Waals surface area contributed by atoms with E-state index in [1.807, 2.05) is 32.2 Å². The van der Waals surface area contributed by atoms with Gasteiger partial charge in [0.25, 0.3) is 5.91 Å². The maximum absolute atomic E-state index is 13.0. The summed E-state index contributed by atoms with van der Waals surface area (Å²) < 4.78 is 0. The van der Waals surface area contributed by atoms with E-state index in [1.54, 1.807) is 28.8 Å². The molecule has 7 heteroatoms. The number of piperidine rings is 1. The van der Waals surface area contributed by atoms with Crippen molar-refractivity contribution >= 4 is 29.5 Å². The minimum absolute atomic E-state index is 0.103. The lowest BCUT2D eigenvalue weighted by Crippen LogP contribution is -2.53. The third-order valence-corrected chi connectivity index (χ3v) is 5.67. The summed E-state index contributed by atoms with van der Waals surface area (Å²) in [7, 11) is 0. The molecule has 1 saturated heterocycles. The van der Waals surface area contributed by atoms with Crippen LogP contribution < -0.4 is 5.32 Å². The van der Waals surface area contributed by atoms with E-state index in [4.69, 9.17) is 0 Å². The molecule has 1 aromatic carbocycles. The van der Waals surface area contributed by atoms with Crippen LogP contribution in [0.25, 0.3) is 0 Å². The van der Waals surface area contributed by atoms with Crippen LogP contribution in [0.15, 0.2) is 24.3 Å². The second-order valence-corrected chi connectivity index (χ2v) is 8.16. The molecule has 0 spiro atoms. The Balaban J connectivity index is 2.07. The van der Waals surface area contributed by atoms with Gasteiger partial charge in [0.15, 0.2) is 0 Å². The van der Waals surface area contributed by atoms with E-state index in [0.29, 0.717) is 31.5 Å². The zero-order valence-corrected chi connectivity index (χ0v) is 16.9. The summed E-state index contributed by atoms with van der Waals surface area (Å²) in [6.45, 7) is 4.60. The van der Waals surface area contributed by atoms with Gasteiger partial charge in [-0.2, -0.15) is 11.8 Å². The van der Waals surface area contributed by atoms with Gasteiger partial charge in [-0.05, 0) is 49.8 Å². The molecule has 2 rings (SSSR count). The quantitative estimate of drug-likeness (QED) is 0.744. The number of carbonyl (C=O) groups is 3. The fourth-order valence-electron chi connectivity index (χ4n) is 3.45. The van der Waals surface area contributed by atoms with Crippen molar-refractivity contribution in [3.63, 3.8) is 0 Å². The highest BCUT2D eigenvalue weighted by molar-refractivity contribution is 7.98. The minimum atomic E-state index is -0.804.